The molecule has 3 rings (SSSR count). The second kappa shape index (κ2) is 10.4. The Kier molecular flexibility index (Phi) is 7.35. The lowest BCUT2D eigenvalue weighted by Gasteiger charge is -2.34. The van der Waals surface area contributed by atoms with Crippen molar-refractivity contribution in [2.24, 2.45) is 0 Å². The molecule has 0 aliphatic carbocycles. The zero-order chi connectivity index (χ0) is 20.5. The van der Waals surface area contributed by atoms with Gasteiger partial charge < -0.3 is 15.0 Å². The molecule has 2 heterocycles. The summed E-state index contributed by atoms with van der Waals surface area (Å²) in [7, 11) is 1.63. The van der Waals surface area contributed by atoms with Crippen molar-refractivity contribution in [1.82, 2.24) is 20.1 Å². The van der Waals surface area contributed by atoms with Gasteiger partial charge in [0, 0.05) is 51.5 Å². The fourth-order valence-electron chi connectivity index (χ4n) is 3.09. The second-order valence-electron chi connectivity index (χ2n) is 6.74. The van der Waals surface area contributed by atoms with Gasteiger partial charge in [0.15, 0.2) is 0 Å². The molecule has 2 aromatic rings. The Balaban J connectivity index is 1.37. The Labute approximate surface area is 171 Å². The third-order valence-corrected chi connectivity index (χ3v) is 4.83. The van der Waals surface area contributed by atoms with Crippen LogP contribution in [0.3, 0.4) is 0 Å². The summed E-state index contributed by atoms with van der Waals surface area (Å²) in [5.74, 6) is 0.646. The standard InChI is InChI=1S/C22H26N4O3/c1-29-19-8-5-18(6-9-19)7-10-21(27)26-16-14-25(15-17-26)13-12-24-22(28)20-4-2-3-11-23-20/h2-11H,12-17H2,1H3,(H,24,28). The van der Waals surface area contributed by atoms with Gasteiger partial charge in [-0.05, 0) is 35.9 Å². The zero-order valence-electron chi connectivity index (χ0n) is 16.6. The van der Waals surface area contributed by atoms with Gasteiger partial charge in [0.05, 0.1) is 7.11 Å². The average molecular weight is 394 g/mol. The minimum absolute atomic E-state index is 0.0175. The molecule has 7 heteroatoms. The topological polar surface area (TPSA) is 74.8 Å². The summed E-state index contributed by atoms with van der Waals surface area (Å²) >= 11 is 0. The number of methoxy groups -OCH3 is 1. The lowest BCUT2D eigenvalue weighted by molar-refractivity contribution is -0.127. The minimum atomic E-state index is -0.164. The van der Waals surface area contributed by atoms with Crippen molar-refractivity contribution in [1.29, 1.82) is 0 Å². The first-order valence-corrected chi connectivity index (χ1v) is 9.68. The summed E-state index contributed by atoms with van der Waals surface area (Å²) in [6.07, 6.45) is 5.04. The van der Waals surface area contributed by atoms with Crippen LogP contribution in [0.1, 0.15) is 16.1 Å². The van der Waals surface area contributed by atoms with E-state index >= 15 is 0 Å². The van der Waals surface area contributed by atoms with E-state index in [4.69, 9.17) is 4.74 Å². The molecule has 1 aliphatic rings. The van der Waals surface area contributed by atoms with E-state index in [-0.39, 0.29) is 11.8 Å². The number of aromatic nitrogens is 1. The number of benzene rings is 1. The predicted octanol–water partition coefficient (Wildman–Crippen LogP) is 1.68. The number of amides is 2. The van der Waals surface area contributed by atoms with Crippen LogP contribution >= 0.6 is 0 Å². The van der Waals surface area contributed by atoms with Gasteiger partial charge in [0.25, 0.3) is 5.91 Å². The normalized spacial score (nSPS) is 14.7. The monoisotopic (exact) mass is 394 g/mol. The highest BCUT2D eigenvalue weighted by atomic mass is 16.5. The zero-order valence-corrected chi connectivity index (χ0v) is 16.6. The number of nitrogens with one attached hydrogen (secondary N) is 1. The van der Waals surface area contributed by atoms with Crippen LogP contribution in [0, 0.1) is 0 Å². The molecule has 1 N–H and O–H groups in total. The third kappa shape index (κ3) is 6.15. The Hall–Kier alpha value is -3.19. The van der Waals surface area contributed by atoms with Gasteiger partial charge in [-0.2, -0.15) is 0 Å². The number of pyridine rings is 1. The number of ether oxygens (including phenoxy) is 1. The number of rotatable bonds is 7. The highest BCUT2D eigenvalue weighted by Gasteiger charge is 2.19. The number of carbonyl (C=O) groups is 2. The average Bonchev–Trinajstić information content (AvgIpc) is 2.78. The molecule has 1 aliphatic heterocycles. The second-order valence-corrected chi connectivity index (χ2v) is 6.74. The Bertz CT molecular complexity index is 829. The lowest BCUT2D eigenvalue weighted by atomic mass is 10.2. The largest absolute Gasteiger partial charge is 0.497 e. The maximum Gasteiger partial charge on any atom is 0.269 e. The van der Waals surface area contributed by atoms with E-state index in [9.17, 15) is 9.59 Å². The van der Waals surface area contributed by atoms with Crippen LogP contribution in [0.5, 0.6) is 5.75 Å². The maximum atomic E-state index is 12.4. The van der Waals surface area contributed by atoms with Crippen molar-refractivity contribution in [2.45, 2.75) is 0 Å². The summed E-state index contributed by atoms with van der Waals surface area (Å²) in [6, 6.07) is 12.8. The summed E-state index contributed by atoms with van der Waals surface area (Å²) in [5.41, 5.74) is 1.38. The van der Waals surface area contributed by atoms with Gasteiger partial charge in [-0.1, -0.05) is 18.2 Å². The van der Waals surface area contributed by atoms with Crippen LogP contribution in [-0.4, -0.2) is 73.0 Å². The van der Waals surface area contributed by atoms with Crippen LogP contribution in [0.4, 0.5) is 0 Å². The summed E-state index contributed by atoms with van der Waals surface area (Å²) in [6.45, 7) is 4.26. The third-order valence-electron chi connectivity index (χ3n) is 4.83. The highest BCUT2D eigenvalue weighted by Crippen LogP contribution is 2.12. The molecule has 0 radical (unpaired) electrons. The fraction of sp³-hybridized carbons (Fsp3) is 0.318. The molecule has 0 unspecified atom stereocenters. The fourth-order valence-corrected chi connectivity index (χ4v) is 3.09. The highest BCUT2D eigenvalue weighted by molar-refractivity contribution is 5.92. The molecule has 0 saturated carbocycles. The first kappa shape index (κ1) is 20.5. The Morgan fingerprint density at radius 1 is 1.10 bits per heavy atom. The summed E-state index contributed by atoms with van der Waals surface area (Å²) < 4.78 is 5.13. The van der Waals surface area contributed by atoms with Crippen molar-refractivity contribution in [3.05, 3.63) is 66.0 Å². The van der Waals surface area contributed by atoms with Gasteiger partial charge in [0.1, 0.15) is 11.4 Å². The van der Waals surface area contributed by atoms with Gasteiger partial charge >= 0.3 is 0 Å². The van der Waals surface area contributed by atoms with Gasteiger partial charge in [-0.25, -0.2) is 0 Å². The van der Waals surface area contributed by atoms with Crippen molar-refractivity contribution in [2.75, 3.05) is 46.4 Å². The quantitative estimate of drug-likeness (QED) is 0.724. The van der Waals surface area contributed by atoms with Gasteiger partial charge in [0.2, 0.25) is 5.91 Å². The van der Waals surface area contributed by atoms with E-state index in [0.717, 1.165) is 30.9 Å². The van der Waals surface area contributed by atoms with E-state index in [0.29, 0.717) is 25.3 Å². The van der Waals surface area contributed by atoms with Crippen LogP contribution < -0.4 is 10.1 Å². The SMILES string of the molecule is COc1ccc(C=CC(=O)N2CCN(CCNC(=O)c3ccccn3)CC2)cc1. The Morgan fingerprint density at radius 3 is 2.52 bits per heavy atom. The molecule has 152 valence electrons. The molecule has 0 bridgehead atoms. The molecule has 29 heavy (non-hydrogen) atoms. The number of carbonyl (C=O) groups excluding carboxylic acids is 2. The number of hydrogen-bond donors (Lipinski definition) is 1. The molecule has 1 aromatic heterocycles. The smallest absolute Gasteiger partial charge is 0.269 e. The van der Waals surface area contributed by atoms with E-state index in [1.807, 2.05) is 35.2 Å². The molecule has 1 saturated heterocycles. The minimum Gasteiger partial charge on any atom is -0.497 e. The predicted molar refractivity (Wildman–Crippen MR) is 112 cm³/mol. The van der Waals surface area contributed by atoms with E-state index in [1.165, 1.54) is 0 Å². The number of piperazine rings is 1. The van der Waals surface area contributed by atoms with E-state index in [1.54, 1.807) is 37.6 Å². The molecular weight excluding hydrogens is 368 g/mol. The summed E-state index contributed by atoms with van der Waals surface area (Å²) in [5, 5.41) is 2.88. The van der Waals surface area contributed by atoms with Crippen LogP contribution in [0.25, 0.3) is 6.08 Å². The molecule has 0 spiro atoms. The first-order valence-electron chi connectivity index (χ1n) is 9.68. The van der Waals surface area contributed by atoms with E-state index in [2.05, 4.69) is 15.2 Å². The molecule has 7 nitrogen and oxygen atoms in total. The lowest BCUT2D eigenvalue weighted by Crippen LogP contribution is -2.49. The molecule has 0 atom stereocenters. The van der Waals surface area contributed by atoms with Crippen LogP contribution in [-0.2, 0) is 4.79 Å². The van der Waals surface area contributed by atoms with Crippen molar-refractivity contribution in [3.63, 3.8) is 0 Å². The number of nitrogens with zero attached hydrogens (tertiary/aromatic N) is 3. The summed E-state index contributed by atoms with van der Waals surface area (Å²) in [4.78, 5) is 32.5. The molecule has 2 amide bonds. The molecular formula is C22H26N4O3. The maximum absolute atomic E-state index is 12.4. The number of hydrogen-bond acceptors (Lipinski definition) is 5. The van der Waals surface area contributed by atoms with Crippen molar-refractivity contribution >= 4 is 17.9 Å². The van der Waals surface area contributed by atoms with Crippen LogP contribution in [0.15, 0.2) is 54.7 Å². The molecule has 1 aromatic carbocycles. The van der Waals surface area contributed by atoms with Gasteiger partial charge in [-0.3, -0.25) is 19.5 Å². The Morgan fingerprint density at radius 2 is 1.86 bits per heavy atom. The van der Waals surface area contributed by atoms with Crippen molar-refractivity contribution in [3.8, 4) is 5.75 Å². The van der Waals surface area contributed by atoms with Crippen LogP contribution in [0.2, 0.25) is 0 Å². The first-order chi connectivity index (χ1) is 14.2. The molecule has 1 fully saturated rings. The van der Waals surface area contributed by atoms with E-state index < -0.39 is 0 Å². The van der Waals surface area contributed by atoms with Crippen molar-refractivity contribution < 1.29 is 14.3 Å². The van der Waals surface area contributed by atoms with Gasteiger partial charge in [-0.15, -0.1) is 0 Å².